The monoisotopic (exact) mass is 459 g/mol. The van der Waals surface area contributed by atoms with Gasteiger partial charge in [0.1, 0.15) is 12.6 Å². The highest BCUT2D eigenvalue weighted by atomic mass is 79.9. The van der Waals surface area contributed by atoms with Gasteiger partial charge in [0.2, 0.25) is 0 Å². The fraction of sp³-hybridized carbons (Fsp3) is 0.263. The number of rotatable bonds is 7. The van der Waals surface area contributed by atoms with Crippen molar-refractivity contribution >= 4 is 28.0 Å². The molecule has 1 N–H and O–H groups in total. The average Bonchev–Trinajstić information content (AvgIpc) is 2.66. The van der Waals surface area contributed by atoms with Crippen LogP contribution in [0.5, 0.6) is 0 Å². The third-order valence-electron chi connectivity index (χ3n) is 3.55. The van der Waals surface area contributed by atoms with E-state index in [4.69, 9.17) is 4.74 Å². The molecule has 150 valence electrons. The standard InChI is InChI=1S/C19H17BrF3NO4/c20-15-9-5-4-8-14(15)10-16(17(25)28-12-19(21,22)23)24-18(26)27-11-13-6-2-1-3-7-13/h1-9,16H,10-12H2,(H,24,26)/t16-/m1/s1. The Morgan fingerprint density at radius 3 is 2.29 bits per heavy atom. The van der Waals surface area contributed by atoms with Crippen molar-refractivity contribution in [2.75, 3.05) is 6.61 Å². The van der Waals surface area contributed by atoms with Crippen molar-refractivity contribution in [3.05, 3.63) is 70.2 Å². The second-order valence-corrected chi connectivity index (χ2v) is 6.63. The second kappa shape index (κ2) is 10.1. The molecule has 0 radical (unpaired) electrons. The van der Waals surface area contributed by atoms with Crippen molar-refractivity contribution in [3.63, 3.8) is 0 Å². The Morgan fingerprint density at radius 2 is 1.64 bits per heavy atom. The predicted octanol–water partition coefficient (Wildman–Crippen LogP) is 4.39. The first-order valence-corrected chi connectivity index (χ1v) is 8.98. The fourth-order valence-electron chi connectivity index (χ4n) is 2.24. The molecule has 0 saturated heterocycles. The van der Waals surface area contributed by atoms with Gasteiger partial charge in [-0.15, -0.1) is 0 Å². The number of alkyl halides is 3. The summed E-state index contributed by atoms with van der Waals surface area (Å²) in [5, 5.41) is 2.28. The van der Waals surface area contributed by atoms with Gasteiger partial charge in [-0.1, -0.05) is 64.5 Å². The lowest BCUT2D eigenvalue weighted by atomic mass is 10.1. The maximum atomic E-state index is 12.3. The van der Waals surface area contributed by atoms with Crippen LogP contribution in [-0.2, 0) is 27.3 Å². The average molecular weight is 460 g/mol. The van der Waals surface area contributed by atoms with Gasteiger partial charge in [0.05, 0.1) is 0 Å². The Morgan fingerprint density at radius 1 is 1.00 bits per heavy atom. The summed E-state index contributed by atoms with van der Waals surface area (Å²) in [6, 6.07) is 14.3. The molecule has 0 aliphatic carbocycles. The third-order valence-corrected chi connectivity index (χ3v) is 4.32. The number of carbonyl (C=O) groups excluding carboxylic acids is 2. The van der Waals surface area contributed by atoms with E-state index in [0.717, 1.165) is 5.56 Å². The zero-order chi connectivity index (χ0) is 20.6. The Kier molecular flexibility index (Phi) is 7.86. The molecule has 5 nitrogen and oxygen atoms in total. The molecule has 0 saturated carbocycles. The molecular formula is C19H17BrF3NO4. The van der Waals surface area contributed by atoms with E-state index < -0.39 is 30.9 Å². The van der Waals surface area contributed by atoms with Crippen molar-refractivity contribution in [1.82, 2.24) is 5.32 Å². The van der Waals surface area contributed by atoms with E-state index in [0.29, 0.717) is 10.0 Å². The minimum absolute atomic E-state index is 0.0496. The number of amides is 1. The van der Waals surface area contributed by atoms with Crippen LogP contribution >= 0.6 is 15.9 Å². The third kappa shape index (κ3) is 7.59. The SMILES string of the molecule is O=C(N[C@H](Cc1ccccc1Br)C(=O)OCC(F)(F)F)OCc1ccccc1. The molecule has 2 rings (SSSR count). The van der Waals surface area contributed by atoms with Crippen molar-refractivity contribution in [3.8, 4) is 0 Å². The summed E-state index contributed by atoms with van der Waals surface area (Å²) in [7, 11) is 0. The summed E-state index contributed by atoms with van der Waals surface area (Å²) in [6.45, 7) is -1.79. The lowest BCUT2D eigenvalue weighted by Gasteiger charge is -2.19. The highest BCUT2D eigenvalue weighted by Crippen LogP contribution is 2.19. The molecule has 0 bridgehead atoms. The van der Waals surface area contributed by atoms with E-state index in [1.54, 1.807) is 54.6 Å². The highest BCUT2D eigenvalue weighted by Gasteiger charge is 2.32. The normalized spacial score (nSPS) is 12.1. The topological polar surface area (TPSA) is 64.6 Å². The number of alkyl carbamates (subject to hydrolysis) is 1. The first-order chi connectivity index (χ1) is 13.2. The molecule has 0 aliphatic heterocycles. The quantitative estimate of drug-likeness (QED) is 0.623. The van der Waals surface area contributed by atoms with Crippen LogP contribution in [0.25, 0.3) is 0 Å². The van der Waals surface area contributed by atoms with Crippen molar-refractivity contribution < 1.29 is 32.2 Å². The molecule has 9 heteroatoms. The van der Waals surface area contributed by atoms with Gasteiger partial charge in [0.25, 0.3) is 0 Å². The van der Waals surface area contributed by atoms with E-state index >= 15 is 0 Å². The first kappa shape index (κ1) is 21.7. The van der Waals surface area contributed by atoms with Crippen LogP contribution in [0.4, 0.5) is 18.0 Å². The van der Waals surface area contributed by atoms with Gasteiger partial charge in [0.15, 0.2) is 6.61 Å². The molecule has 1 amide bonds. The minimum Gasteiger partial charge on any atom is -0.454 e. The smallest absolute Gasteiger partial charge is 0.422 e. The van der Waals surface area contributed by atoms with Gasteiger partial charge in [0, 0.05) is 10.9 Å². The van der Waals surface area contributed by atoms with Gasteiger partial charge >= 0.3 is 18.2 Å². The van der Waals surface area contributed by atoms with E-state index in [9.17, 15) is 22.8 Å². The zero-order valence-corrected chi connectivity index (χ0v) is 16.1. The molecule has 0 aromatic heterocycles. The second-order valence-electron chi connectivity index (χ2n) is 5.78. The molecule has 0 spiro atoms. The van der Waals surface area contributed by atoms with Gasteiger partial charge in [-0.3, -0.25) is 0 Å². The maximum Gasteiger partial charge on any atom is 0.422 e. The number of ether oxygens (including phenoxy) is 2. The van der Waals surface area contributed by atoms with Crippen molar-refractivity contribution in [2.45, 2.75) is 25.2 Å². The maximum absolute atomic E-state index is 12.3. The first-order valence-electron chi connectivity index (χ1n) is 8.18. The number of hydrogen-bond donors (Lipinski definition) is 1. The van der Waals surface area contributed by atoms with Crippen LogP contribution in [0.15, 0.2) is 59.1 Å². The number of esters is 1. The van der Waals surface area contributed by atoms with Crippen LogP contribution in [0.2, 0.25) is 0 Å². The lowest BCUT2D eigenvalue weighted by molar-refractivity contribution is -0.187. The van der Waals surface area contributed by atoms with Crippen LogP contribution in [0.3, 0.4) is 0 Å². The molecule has 2 aromatic carbocycles. The molecule has 0 heterocycles. The fourth-order valence-corrected chi connectivity index (χ4v) is 2.68. The summed E-state index contributed by atoms with van der Waals surface area (Å²) in [4.78, 5) is 24.1. The van der Waals surface area contributed by atoms with Crippen LogP contribution in [0.1, 0.15) is 11.1 Å². The zero-order valence-electron chi connectivity index (χ0n) is 14.5. The predicted molar refractivity (Wildman–Crippen MR) is 98.4 cm³/mol. The Hall–Kier alpha value is -2.55. The number of halogens is 4. The van der Waals surface area contributed by atoms with Crippen molar-refractivity contribution in [2.24, 2.45) is 0 Å². The van der Waals surface area contributed by atoms with E-state index in [1.165, 1.54) is 0 Å². The van der Waals surface area contributed by atoms with E-state index in [-0.39, 0.29) is 13.0 Å². The number of carbonyl (C=O) groups is 2. The number of nitrogens with one attached hydrogen (secondary N) is 1. The van der Waals surface area contributed by atoms with Gasteiger partial charge in [-0.2, -0.15) is 13.2 Å². The van der Waals surface area contributed by atoms with Gasteiger partial charge < -0.3 is 14.8 Å². The summed E-state index contributed by atoms with van der Waals surface area (Å²) in [6.07, 6.45) is -5.68. The van der Waals surface area contributed by atoms with Gasteiger partial charge in [-0.25, -0.2) is 9.59 Å². The summed E-state index contributed by atoms with van der Waals surface area (Å²) in [5.41, 5.74) is 1.33. The van der Waals surface area contributed by atoms with Crippen molar-refractivity contribution in [1.29, 1.82) is 0 Å². The largest absolute Gasteiger partial charge is 0.454 e. The number of hydrogen-bond acceptors (Lipinski definition) is 4. The molecular weight excluding hydrogens is 443 g/mol. The van der Waals surface area contributed by atoms with E-state index in [2.05, 4.69) is 26.0 Å². The number of benzene rings is 2. The Labute approximate surface area is 168 Å². The highest BCUT2D eigenvalue weighted by molar-refractivity contribution is 9.10. The summed E-state index contributed by atoms with van der Waals surface area (Å²) >= 11 is 3.30. The van der Waals surface area contributed by atoms with E-state index in [1.807, 2.05) is 0 Å². The molecule has 28 heavy (non-hydrogen) atoms. The molecule has 0 fully saturated rings. The van der Waals surface area contributed by atoms with Crippen LogP contribution < -0.4 is 5.32 Å². The lowest BCUT2D eigenvalue weighted by Crippen LogP contribution is -2.44. The Bertz CT molecular complexity index is 799. The van der Waals surface area contributed by atoms with Gasteiger partial charge in [-0.05, 0) is 17.2 Å². The molecule has 2 aromatic rings. The summed E-state index contributed by atoms with van der Waals surface area (Å²) in [5.74, 6) is -1.20. The molecule has 0 unspecified atom stereocenters. The summed E-state index contributed by atoms with van der Waals surface area (Å²) < 4.78 is 47.0. The Balaban J connectivity index is 2.03. The van der Waals surface area contributed by atoms with Crippen LogP contribution in [0, 0.1) is 0 Å². The molecule has 0 aliphatic rings. The minimum atomic E-state index is -4.67. The van der Waals surface area contributed by atoms with Crippen LogP contribution in [-0.4, -0.2) is 30.9 Å². The molecule has 1 atom stereocenters.